The second-order valence-corrected chi connectivity index (χ2v) is 6.80. The van der Waals surface area contributed by atoms with Gasteiger partial charge in [0, 0.05) is 12.6 Å². The Bertz CT molecular complexity index is 629. The van der Waals surface area contributed by atoms with Crippen LogP contribution in [-0.4, -0.2) is 36.4 Å². The maximum atomic E-state index is 13.3. The third-order valence-corrected chi connectivity index (χ3v) is 5.53. The number of carbonyl (C=O) groups is 1. The molecule has 1 unspecified atom stereocenters. The molecule has 1 saturated heterocycles. The first-order valence-electron chi connectivity index (χ1n) is 6.38. The number of rotatable bonds is 3. The topological polar surface area (TPSA) is 74.7 Å². The normalized spacial score (nSPS) is 20.8. The molecule has 1 N–H and O–H groups in total. The molecule has 0 amide bonds. The number of carboxylic acids is 1. The van der Waals surface area contributed by atoms with Crippen LogP contribution in [0.25, 0.3) is 0 Å². The van der Waals surface area contributed by atoms with Crippen molar-refractivity contribution in [2.45, 2.75) is 37.1 Å². The van der Waals surface area contributed by atoms with Gasteiger partial charge in [0.1, 0.15) is 5.82 Å². The van der Waals surface area contributed by atoms with Gasteiger partial charge in [-0.05, 0) is 38.0 Å². The molecule has 0 aliphatic carbocycles. The maximum Gasteiger partial charge on any atom is 0.338 e. The van der Waals surface area contributed by atoms with Crippen molar-refractivity contribution in [3.63, 3.8) is 0 Å². The molecule has 1 aromatic carbocycles. The van der Waals surface area contributed by atoms with Crippen LogP contribution in [0.1, 0.15) is 36.5 Å². The first kappa shape index (κ1) is 14.9. The molecule has 1 aliphatic heterocycles. The molecule has 0 saturated carbocycles. The second kappa shape index (κ2) is 5.49. The fraction of sp³-hybridized carbons (Fsp3) is 0.462. The molecule has 0 bridgehead atoms. The summed E-state index contributed by atoms with van der Waals surface area (Å²) in [6.45, 7) is 2.22. The van der Waals surface area contributed by atoms with Crippen LogP contribution in [0.4, 0.5) is 4.39 Å². The molecule has 7 heteroatoms. The molecule has 0 aromatic heterocycles. The van der Waals surface area contributed by atoms with E-state index in [2.05, 4.69) is 0 Å². The van der Waals surface area contributed by atoms with E-state index in [-0.39, 0.29) is 10.9 Å². The van der Waals surface area contributed by atoms with Crippen molar-refractivity contribution in [1.29, 1.82) is 0 Å². The van der Waals surface area contributed by atoms with Crippen molar-refractivity contribution in [2.24, 2.45) is 0 Å². The van der Waals surface area contributed by atoms with Gasteiger partial charge in [-0.25, -0.2) is 17.6 Å². The number of aromatic carboxylic acids is 1. The zero-order chi connectivity index (χ0) is 14.9. The van der Waals surface area contributed by atoms with E-state index in [1.165, 1.54) is 4.31 Å². The number of sulfonamides is 1. The van der Waals surface area contributed by atoms with Gasteiger partial charge in [0.05, 0.1) is 10.5 Å². The summed E-state index contributed by atoms with van der Waals surface area (Å²) in [4.78, 5) is 10.7. The Hall–Kier alpha value is -1.47. The van der Waals surface area contributed by atoms with Crippen LogP contribution in [0.5, 0.6) is 0 Å². The quantitative estimate of drug-likeness (QED) is 0.927. The van der Waals surface area contributed by atoms with Gasteiger partial charge >= 0.3 is 5.97 Å². The van der Waals surface area contributed by atoms with Gasteiger partial charge in [0.2, 0.25) is 10.0 Å². The van der Waals surface area contributed by atoms with E-state index >= 15 is 0 Å². The number of carboxylic acid groups (broad SMARTS) is 1. The summed E-state index contributed by atoms with van der Waals surface area (Å²) < 4.78 is 39.7. The van der Waals surface area contributed by atoms with Crippen LogP contribution >= 0.6 is 0 Å². The number of hydrogen-bond acceptors (Lipinski definition) is 3. The minimum Gasteiger partial charge on any atom is -0.478 e. The molecule has 1 fully saturated rings. The lowest BCUT2D eigenvalue weighted by Gasteiger charge is -2.32. The van der Waals surface area contributed by atoms with Crippen LogP contribution in [0, 0.1) is 5.82 Å². The molecule has 1 aromatic rings. The Morgan fingerprint density at radius 3 is 2.70 bits per heavy atom. The molecule has 1 aliphatic rings. The molecule has 2 rings (SSSR count). The average molecular weight is 301 g/mol. The molecule has 5 nitrogen and oxygen atoms in total. The number of halogens is 1. The largest absolute Gasteiger partial charge is 0.478 e. The van der Waals surface area contributed by atoms with Gasteiger partial charge in [0.15, 0.2) is 0 Å². The standard InChI is InChI=1S/C13H16FNO4S/c1-9-4-2-3-7-15(9)20(18,19)10-5-6-12(14)11(8-10)13(16)17/h5-6,8-9H,2-4,7H2,1H3,(H,16,17). The lowest BCUT2D eigenvalue weighted by molar-refractivity contribution is 0.0691. The van der Waals surface area contributed by atoms with Crippen molar-refractivity contribution in [3.05, 3.63) is 29.6 Å². The number of hydrogen-bond donors (Lipinski definition) is 1. The van der Waals surface area contributed by atoms with E-state index < -0.39 is 27.4 Å². The predicted octanol–water partition coefficient (Wildman–Crippen LogP) is 2.09. The summed E-state index contributed by atoms with van der Waals surface area (Å²) in [6.07, 6.45) is 2.51. The highest BCUT2D eigenvalue weighted by atomic mass is 32.2. The molecule has 110 valence electrons. The Morgan fingerprint density at radius 2 is 2.10 bits per heavy atom. The predicted molar refractivity (Wildman–Crippen MR) is 70.6 cm³/mol. The zero-order valence-electron chi connectivity index (χ0n) is 11.0. The lowest BCUT2D eigenvalue weighted by Crippen LogP contribution is -2.41. The summed E-state index contributed by atoms with van der Waals surface area (Å²) >= 11 is 0. The van der Waals surface area contributed by atoms with Crippen LogP contribution in [0.15, 0.2) is 23.1 Å². The fourth-order valence-corrected chi connectivity index (χ4v) is 4.12. The van der Waals surface area contributed by atoms with Gasteiger partial charge in [-0.2, -0.15) is 4.31 Å². The summed E-state index contributed by atoms with van der Waals surface area (Å²) in [5.41, 5.74) is -0.629. The van der Waals surface area contributed by atoms with Gasteiger partial charge in [-0.15, -0.1) is 0 Å². The van der Waals surface area contributed by atoms with E-state index in [0.717, 1.165) is 37.5 Å². The summed E-state index contributed by atoms with van der Waals surface area (Å²) in [5.74, 6) is -2.42. The number of piperidine rings is 1. The SMILES string of the molecule is CC1CCCCN1S(=O)(=O)c1ccc(F)c(C(=O)O)c1. The summed E-state index contributed by atoms with van der Waals surface area (Å²) in [5, 5.41) is 8.87. The first-order chi connectivity index (χ1) is 9.34. The Labute approximate surface area is 117 Å². The highest BCUT2D eigenvalue weighted by Gasteiger charge is 2.31. The van der Waals surface area contributed by atoms with Gasteiger partial charge in [-0.1, -0.05) is 6.42 Å². The van der Waals surface area contributed by atoms with E-state index in [1.54, 1.807) is 0 Å². The Balaban J connectivity index is 2.44. The zero-order valence-corrected chi connectivity index (χ0v) is 11.9. The van der Waals surface area contributed by atoms with E-state index in [0.29, 0.717) is 6.54 Å². The van der Waals surface area contributed by atoms with Gasteiger partial charge in [-0.3, -0.25) is 0 Å². The van der Waals surface area contributed by atoms with Crippen LogP contribution in [0.3, 0.4) is 0 Å². The molecule has 1 atom stereocenters. The Morgan fingerprint density at radius 1 is 1.40 bits per heavy atom. The van der Waals surface area contributed by atoms with Crippen molar-refractivity contribution in [3.8, 4) is 0 Å². The van der Waals surface area contributed by atoms with E-state index in [4.69, 9.17) is 5.11 Å². The highest BCUT2D eigenvalue weighted by molar-refractivity contribution is 7.89. The molecular weight excluding hydrogens is 285 g/mol. The average Bonchev–Trinajstić information content (AvgIpc) is 2.38. The lowest BCUT2D eigenvalue weighted by atomic mass is 10.1. The van der Waals surface area contributed by atoms with Gasteiger partial charge in [0.25, 0.3) is 0 Å². The first-order valence-corrected chi connectivity index (χ1v) is 7.82. The minimum absolute atomic E-state index is 0.132. The van der Waals surface area contributed by atoms with Gasteiger partial charge < -0.3 is 5.11 Å². The highest BCUT2D eigenvalue weighted by Crippen LogP contribution is 2.26. The molecule has 0 spiro atoms. The maximum absolute atomic E-state index is 13.3. The summed E-state index contributed by atoms with van der Waals surface area (Å²) in [7, 11) is -3.78. The van der Waals surface area contributed by atoms with Crippen molar-refractivity contribution >= 4 is 16.0 Å². The fourth-order valence-electron chi connectivity index (χ4n) is 2.39. The Kier molecular flexibility index (Phi) is 4.10. The molecule has 20 heavy (non-hydrogen) atoms. The third kappa shape index (κ3) is 2.69. The van der Waals surface area contributed by atoms with Crippen LogP contribution in [-0.2, 0) is 10.0 Å². The third-order valence-electron chi connectivity index (χ3n) is 3.52. The molecular formula is C13H16FNO4S. The molecule has 0 radical (unpaired) electrons. The number of benzene rings is 1. The number of nitrogens with zero attached hydrogens (tertiary/aromatic N) is 1. The molecule has 1 heterocycles. The van der Waals surface area contributed by atoms with E-state index in [1.807, 2.05) is 6.92 Å². The summed E-state index contributed by atoms with van der Waals surface area (Å²) in [6, 6.07) is 2.74. The van der Waals surface area contributed by atoms with Crippen molar-refractivity contribution in [2.75, 3.05) is 6.54 Å². The van der Waals surface area contributed by atoms with Crippen molar-refractivity contribution < 1.29 is 22.7 Å². The minimum atomic E-state index is -3.78. The smallest absolute Gasteiger partial charge is 0.338 e. The van der Waals surface area contributed by atoms with Crippen LogP contribution in [0.2, 0.25) is 0 Å². The van der Waals surface area contributed by atoms with Crippen LogP contribution < -0.4 is 0 Å². The van der Waals surface area contributed by atoms with Crippen molar-refractivity contribution in [1.82, 2.24) is 4.31 Å². The van der Waals surface area contributed by atoms with E-state index in [9.17, 15) is 17.6 Å². The monoisotopic (exact) mass is 301 g/mol. The second-order valence-electron chi connectivity index (χ2n) is 4.91.